The van der Waals surface area contributed by atoms with E-state index in [-0.39, 0.29) is 11.8 Å². The molecule has 3 heteroatoms. The van der Waals surface area contributed by atoms with Gasteiger partial charge in [-0.15, -0.1) is 0 Å². The molecule has 0 aromatic heterocycles. The summed E-state index contributed by atoms with van der Waals surface area (Å²) < 4.78 is 0. The number of fused-ring (bicyclic) bond motifs is 1. The predicted molar refractivity (Wildman–Crippen MR) is 65.8 cm³/mol. The molecule has 1 aromatic carbocycles. The number of hydrogen-bond donors (Lipinski definition) is 1. The van der Waals surface area contributed by atoms with Crippen LogP contribution in [0.15, 0.2) is 24.3 Å². The van der Waals surface area contributed by atoms with Crippen molar-refractivity contribution in [3.63, 3.8) is 0 Å². The molecule has 1 N–H and O–H groups in total. The number of hydrogen-bond acceptors (Lipinski definition) is 2. The molecule has 2 unspecified atom stereocenters. The summed E-state index contributed by atoms with van der Waals surface area (Å²) in [5.74, 6) is -0.0684. The third-order valence-corrected chi connectivity index (χ3v) is 3.95. The minimum atomic E-state index is -0.435. The number of carbonyl (C=O) groups is 1. The van der Waals surface area contributed by atoms with Gasteiger partial charge in [0.1, 0.15) is 0 Å². The summed E-state index contributed by atoms with van der Waals surface area (Å²) in [5, 5.41) is 9.82. The third kappa shape index (κ3) is 1.75. The monoisotopic (exact) mass is 231 g/mol. The fraction of sp³-hybridized carbons (Fsp3) is 0.500. The quantitative estimate of drug-likeness (QED) is 0.799. The maximum Gasteiger partial charge on any atom is 0.232 e. The SMILES string of the molecule is O=C(C1CCCC1O)N1CCc2ccccc21. The highest BCUT2D eigenvalue weighted by Crippen LogP contribution is 2.33. The van der Waals surface area contributed by atoms with Gasteiger partial charge in [0.25, 0.3) is 0 Å². The lowest BCUT2D eigenvalue weighted by Gasteiger charge is -2.23. The van der Waals surface area contributed by atoms with Gasteiger partial charge in [0.05, 0.1) is 12.0 Å². The molecule has 1 aromatic rings. The van der Waals surface area contributed by atoms with Crippen LogP contribution in [0.1, 0.15) is 24.8 Å². The molecule has 90 valence electrons. The van der Waals surface area contributed by atoms with E-state index in [1.54, 1.807) is 0 Å². The molecule has 1 saturated carbocycles. The minimum Gasteiger partial charge on any atom is -0.392 e. The van der Waals surface area contributed by atoms with Gasteiger partial charge in [-0.1, -0.05) is 18.2 Å². The standard InChI is InChI=1S/C14H17NO2/c16-13-7-3-5-11(13)14(17)15-9-8-10-4-1-2-6-12(10)15/h1-2,4,6,11,13,16H,3,5,7-9H2. The number of para-hydroxylation sites is 1. The molecule has 2 atom stereocenters. The Kier molecular flexibility index (Phi) is 2.63. The number of aliphatic hydroxyl groups is 1. The second-order valence-electron chi connectivity index (χ2n) is 4.97. The van der Waals surface area contributed by atoms with Gasteiger partial charge in [-0.05, 0) is 37.3 Å². The molecular formula is C14H17NO2. The molecule has 1 fully saturated rings. The third-order valence-electron chi connectivity index (χ3n) is 3.95. The largest absolute Gasteiger partial charge is 0.392 e. The first-order chi connectivity index (χ1) is 8.27. The van der Waals surface area contributed by atoms with Crippen LogP contribution in [0.3, 0.4) is 0 Å². The van der Waals surface area contributed by atoms with Crippen molar-refractivity contribution in [2.45, 2.75) is 31.8 Å². The van der Waals surface area contributed by atoms with Crippen molar-refractivity contribution < 1.29 is 9.90 Å². The molecule has 2 aliphatic rings. The Morgan fingerprint density at radius 2 is 2.12 bits per heavy atom. The topological polar surface area (TPSA) is 40.5 Å². The van der Waals surface area contributed by atoms with E-state index >= 15 is 0 Å². The number of aliphatic hydroxyl groups excluding tert-OH is 1. The van der Waals surface area contributed by atoms with E-state index in [9.17, 15) is 9.90 Å². The number of anilines is 1. The fourth-order valence-electron chi connectivity index (χ4n) is 3.00. The van der Waals surface area contributed by atoms with E-state index in [2.05, 4.69) is 6.07 Å². The summed E-state index contributed by atoms with van der Waals surface area (Å²) >= 11 is 0. The van der Waals surface area contributed by atoms with Crippen LogP contribution in [-0.4, -0.2) is 23.7 Å². The highest BCUT2D eigenvalue weighted by Gasteiger charge is 2.36. The van der Waals surface area contributed by atoms with E-state index in [1.807, 2.05) is 23.1 Å². The van der Waals surface area contributed by atoms with Crippen LogP contribution >= 0.6 is 0 Å². The number of rotatable bonds is 1. The van der Waals surface area contributed by atoms with Crippen LogP contribution in [0.5, 0.6) is 0 Å². The van der Waals surface area contributed by atoms with Gasteiger partial charge in [0, 0.05) is 12.2 Å². The number of nitrogens with zero attached hydrogens (tertiary/aromatic N) is 1. The second-order valence-corrected chi connectivity index (χ2v) is 4.97. The zero-order valence-corrected chi connectivity index (χ0v) is 9.80. The zero-order valence-electron chi connectivity index (χ0n) is 9.80. The van der Waals surface area contributed by atoms with Gasteiger partial charge in [0.15, 0.2) is 0 Å². The van der Waals surface area contributed by atoms with Crippen LogP contribution in [-0.2, 0) is 11.2 Å². The van der Waals surface area contributed by atoms with Crippen LogP contribution in [0.2, 0.25) is 0 Å². The summed E-state index contributed by atoms with van der Waals surface area (Å²) in [7, 11) is 0. The molecule has 0 bridgehead atoms. The summed E-state index contributed by atoms with van der Waals surface area (Å²) in [4.78, 5) is 14.2. The maximum absolute atomic E-state index is 12.4. The molecule has 0 radical (unpaired) electrons. The summed E-state index contributed by atoms with van der Waals surface area (Å²) in [6, 6.07) is 8.06. The van der Waals surface area contributed by atoms with E-state index < -0.39 is 6.10 Å². The number of amides is 1. The molecule has 3 rings (SSSR count). The Morgan fingerprint density at radius 3 is 2.88 bits per heavy atom. The Labute approximate surface area is 101 Å². The van der Waals surface area contributed by atoms with Crippen LogP contribution in [0.4, 0.5) is 5.69 Å². The molecule has 1 heterocycles. The molecule has 0 saturated heterocycles. The van der Waals surface area contributed by atoms with E-state index in [4.69, 9.17) is 0 Å². The van der Waals surface area contributed by atoms with Gasteiger partial charge >= 0.3 is 0 Å². The maximum atomic E-state index is 12.4. The Bertz CT molecular complexity index is 444. The van der Waals surface area contributed by atoms with Gasteiger partial charge in [-0.2, -0.15) is 0 Å². The van der Waals surface area contributed by atoms with Crippen LogP contribution < -0.4 is 4.90 Å². The lowest BCUT2D eigenvalue weighted by atomic mass is 10.0. The first-order valence-corrected chi connectivity index (χ1v) is 6.35. The highest BCUT2D eigenvalue weighted by atomic mass is 16.3. The molecule has 1 aliphatic heterocycles. The van der Waals surface area contributed by atoms with Crippen molar-refractivity contribution in [3.05, 3.63) is 29.8 Å². The summed E-state index contributed by atoms with van der Waals surface area (Å²) in [6.45, 7) is 0.765. The van der Waals surface area contributed by atoms with Gasteiger partial charge < -0.3 is 10.0 Å². The lowest BCUT2D eigenvalue weighted by Crippen LogP contribution is -2.38. The van der Waals surface area contributed by atoms with Crippen molar-refractivity contribution in [1.29, 1.82) is 0 Å². The number of carbonyl (C=O) groups excluding carboxylic acids is 1. The molecule has 3 nitrogen and oxygen atoms in total. The predicted octanol–water partition coefficient (Wildman–Crippen LogP) is 1.74. The van der Waals surface area contributed by atoms with Crippen LogP contribution in [0, 0.1) is 5.92 Å². The first kappa shape index (κ1) is 10.8. The van der Waals surface area contributed by atoms with Crippen molar-refractivity contribution in [3.8, 4) is 0 Å². The molecule has 17 heavy (non-hydrogen) atoms. The van der Waals surface area contributed by atoms with Crippen molar-refractivity contribution in [1.82, 2.24) is 0 Å². The van der Waals surface area contributed by atoms with Gasteiger partial charge in [0.2, 0.25) is 5.91 Å². The number of benzene rings is 1. The summed E-state index contributed by atoms with van der Waals surface area (Å²) in [5.41, 5.74) is 2.28. The smallest absolute Gasteiger partial charge is 0.232 e. The van der Waals surface area contributed by atoms with Gasteiger partial charge in [-0.25, -0.2) is 0 Å². The average Bonchev–Trinajstić information content (AvgIpc) is 2.94. The van der Waals surface area contributed by atoms with Crippen molar-refractivity contribution >= 4 is 11.6 Å². The fourth-order valence-corrected chi connectivity index (χ4v) is 3.00. The lowest BCUT2D eigenvalue weighted by molar-refractivity contribution is -0.124. The second kappa shape index (κ2) is 4.15. The van der Waals surface area contributed by atoms with E-state index in [0.29, 0.717) is 0 Å². The normalized spacial score (nSPS) is 27.2. The Balaban J connectivity index is 1.84. The zero-order chi connectivity index (χ0) is 11.8. The molecule has 1 amide bonds. The summed E-state index contributed by atoms with van der Waals surface area (Å²) in [6.07, 6.45) is 3.07. The van der Waals surface area contributed by atoms with Crippen LogP contribution in [0.25, 0.3) is 0 Å². The Hall–Kier alpha value is -1.35. The highest BCUT2D eigenvalue weighted by molar-refractivity contribution is 5.97. The van der Waals surface area contributed by atoms with Crippen molar-refractivity contribution in [2.75, 3.05) is 11.4 Å². The molecular weight excluding hydrogens is 214 g/mol. The Morgan fingerprint density at radius 1 is 1.29 bits per heavy atom. The molecule has 1 aliphatic carbocycles. The van der Waals surface area contributed by atoms with E-state index in [0.717, 1.165) is 37.9 Å². The first-order valence-electron chi connectivity index (χ1n) is 6.35. The van der Waals surface area contributed by atoms with E-state index in [1.165, 1.54) is 5.56 Å². The van der Waals surface area contributed by atoms with Gasteiger partial charge in [-0.3, -0.25) is 4.79 Å². The van der Waals surface area contributed by atoms with Crippen molar-refractivity contribution in [2.24, 2.45) is 5.92 Å². The molecule has 0 spiro atoms. The minimum absolute atomic E-state index is 0.111. The average molecular weight is 231 g/mol.